The van der Waals surface area contributed by atoms with Gasteiger partial charge in [-0.2, -0.15) is 0 Å². The molecule has 1 aromatic heterocycles. The summed E-state index contributed by atoms with van der Waals surface area (Å²) in [6.07, 6.45) is 2.22. The van der Waals surface area contributed by atoms with Crippen molar-refractivity contribution >= 4 is 35.3 Å². The van der Waals surface area contributed by atoms with Crippen LogP contribution in [0.2, 0.25) is 0 Å². The van der Waals surface area contributed by atoms with Gasteiger partial charge in [0.2, 0.25) is 0 Å². The zero-order valence-corrected chi connectivity index (χ0v) is 18.5. The summed E-state index contributed by atoms with van der Waals surface area (Å²) >= 11 is 0. The van der Waals surface area contributed by atoms with Crippen molar-refractivity contribution in [2.75, 3.05) is 4.90 Å². The number of furan rings is 1. The van der Waals surface area contributed by atoms with Gasteiger partial charge in [0.05, 0.1) is 10.6 Å². The van der Waals surface area contributed by atoms with Crippen molar-refractivity contribution in [3.63, 3.8) is 0 Å². The van der Waals surface area contributed by atoms with Crippen molar-refractivity contribution in [3.05, 3.63) is 87.7 Å². The molecule has 1 unspecified atom stereocenters. The van der Waals surface area contributed by atoms with Crippen LogP contribution in [0.25, 0.3) is 17.4 Å². The lowest BCUT2D eigenvalue weighted by Crippen LogP contribution is -2.54. The Balaban J connectivity index is 1.60. The van der Waals surface area contributed by atoms with Crippen LogP contribution in [0, 0.1) is 10.1 Å². The number of urea groups is 1. The van der Waals surface area contributed by atoms with Crippen molar-refractivity contribution in [2.45, 2.75) is 26.2 Å². The lowest BCUT2D eigenvalue weighted by Gasteiger charge is -2.26. The highest BCUT2D eigenvalue weighted by atomic mass is 16.6. The molecule has 1 N–H and O–H groups in total. The Morgan fingerprint density at radius 2 is 1.71 bits per heavy atom. The van der Waals surface area contributed by atoms with E-state index in [4.69, 9.17) is 4.42 Å². The molecule has 1 aliphatic heterocycles. The molecular formula is C25H21N3O6. The van der Waals surface area contributed by atoms with Gasteiger partial charge in [-0.15, -0.1) is 0 Å². The van der Waals surface area contributed by atoms with E-state index in [1.165, 1.54) is 30.3 Å². The van der Waals surface area contributed by atoms with Gasteiger partial charge in [-0.05, 0) is 60.4 Å². The normalized spacial score (nSPS) is 16.0. The van der Waals surface area contributed by atoms with Gasteiger partial charge in [0.1, 0.15) is 17.1 Å². The standard InChI is InChI=1S/C25H21N3O6/c1-3-15(2)16-4-8-18(9-5-16)27-24(30)21(23(29)26-25(27)31)14-20-12-13-22(34-20)17-6-10-19(11-7-17)28(32)33/h4-15H,3H2,1-2H3,(H,26,29,31). The molecule has 0 spiro atoms. The molecule has 1 aliphatic rings. The predicted octanol–water partition coefficient (Wildman–Crippen LogP) is 5.03. The fourth-order valence-corrected chi connectivity index (χ4v) is 3.55. The second kappa shape index (κ2) is 9.14. The third-order valence-corrected chi connectivity index (χ3v) is 5.71. The number of hydrogen-bond acceptors (Lipinski definition) is 6. The smallest absolute Gasteiger partial charge is 0.335 e. The zero-order valence-electron chi connectivity index (χ0n) is 18.5. The number of hydrogen-bond donors (Lipinski definition) is 1. The zero-order chi connectivity index (χ0) is 24.4. The number of benzene rings is 2. The Bertz CT molecular complexity index is 1310. The molecule has 1 fully saturated rings. The Kier molecular flexibility index (Phi) is 6.09. The Morgan fingerprint density at radius 1 is 1.03 bits per heavy atom. The van der Waals surface area contributed by atoms with Crippen molar-refractivity contribution in [1.82, 2.24) is 5.32 Å². The summed E-state index contributed by atoms with van der Waals surface area (Å²) in [4.78, 5) is 49.1. The number of carbonyl (C=O) groups excluding carboxylic acids is 3. The molecular weight excluding hydrogens is 438 g/mol. The molecule has 1 saturated heterocycles. The topological polar surface area (TPSA) is 123 Å². The number of nitrogens with zero attached hydrogens (tertiary/aromatic N) is 2. The molecule has 3 aromatic rings. The van der Waals surface area contributed by atoms with Crippen LogP contribution in [0.4, 0.5) is 16.2 Å². The van der Waals surface area contributed by atoms with Gasteiger partial charge in [-0.3, -0.25) is 25.0 Å². The average molecular weight is 459 g/mol. The van der Waals surface area contributed by atoms with E-state index in [-0.39, 0.29) is 17.0 Å². The van der Waals surface area contributed by atoms with Crippen molar-refractivity contribution < 1.29 is 23.7 Å². The van der Waals surface area contributed by atoms with Crippen LogP contribution in [-0.2, 0) is 9.59 Å². The minimum Gasteiger partial charge on any atom is -0.457 e. The van der Waals surface area contributed by atoms with Gasteiger partial charge < -0.3 is 4.42 Å². The number of barbiturate groups is 1. The van der Waals surface area contributed by atoms with E-state index >= 15 is 0 Å². The Hall–Kier alpha value is -4.53. The maximum absolute atomic E-state index is 13.1. The van der Waals surface area contributed by atoms with E-state index < -0.39 is 22.8 Å². The molecule has 2 heterocycles. The quantitative estimate of drug-likeness (QED) is 0.239. The number of nitrogens with one attached hydrogen (secondary N) is 1. The van der Waals surface area contributed by atoms with Crippen molar-refractivity contribution in [3.8, 4) is 11.3 Å². The van der Waals surface area contributed by atoms with Crippen molar-refractivity contribution in [2.24, 2.45) is 0 Å². The largest absolute Gasteiger partial charge is 0.457 e. The maximum Gasteiger partial charge on any atom is 0.335 e. The van der Waals surface area contributed by atoms with Crippen LogP contribution in [0.5, 0.6) is 0 Å². The van der Waals surface area contributed by atoms with Crippen molar-refractivity contribution in [1.29, 1.82) is 0 Å². The molecule has 0 aliphatic carbocycles. The van der Waals surface area contributed by atoms with E-state index in [9.17, 15) is 24.5 Å². The van der Waals surface area contributed by atoms with Gasteiger partial charge in [0, 0.05) is 17.7 Å². The third-order valence-electron chi connectivity index (χ3n) is 5.71. The summed E-state index contributed by atoms with van der Waals surface area (Å²) in [6, 6.07) is 15.2. The minimum atomic E-state index is -0.825. The Morgan fingerprint density at radius 3 is 2.32 bits per heavy atom. The molecule has 9 heteroatoms. The average Bonchev–Trinajstić information content (AvgIpc) is 3.30. The number of non-ortho nitro benzene ring substituents is 1. The molecule has 0 radical (unpaired) electrons. The van der Waals surface area contributed by atoms with Crippen LogP contribution in [0.15, 0.2) is 70.7 Å². The highest BCUT2D eigenvalue weighted by Crippen LogP contribution is 2.28. The molecule has 2 aromatic carbocycles. The first-order valence-electron chi connectivity index (χ1n) is 10.6. The highest BCUT2D eigenvalue weighted by Gasteiger charge is 2.37. The predicted molar refractivity (Wildman–Crippen MR) is 125 cm³/mol. The first kappa shape index (κ1) is 22.7. The summed E-state index contributed by atoms with van der Waals surface area (Å²) < 4.78 is 5.71. The number of carbonyl (C=O) groups is 3. The Labute approximate surface area is 194 Å². The number of nitro benzene ring substituents is 1. The van der Waals surface area contributed by atoms with Crippen LogP contribution >= 0.6 is 0 Å². The van der Waals surface area contributed by atoms with Crippen LogP contribution in [0.3, 0.4) is 0 Å². The summed E-state index contributed by atoms with van der Waals surface area (Å²) in [5.41, 5.74) is 1.71. The summed E-state index contributed by atoms with van der Waals surface area (Å²) in [7, 11) is 0. The molecule has 9 nitrogen and oxygen atoms in total. The van der Waals surface area contributed by atoms with Crippen LogP contribution in [0.1, 0.15) is 37.5 Å². The molecule has 0 bridgehead atoms. The third kappa shape index (κ3) is 4.36. The van der Waals surface area contributed by atoms with Crippen LogP contribution < -0.4 is 10.2 Å². The number of rotatable bonds is 6. The number of amides is 4. The summed E-state index contributed by atoms with van der Waals surface area (Å²) in [5, 5.41) is 13.0. The van der Waals surface area contributed by atoms with E-state index in [0.29, 0.717) is 22.9 Å². The van der Waals surface area contributed by atoms with Gasteiger partial charge in [0.25, 0.3) is 17.5 Å². The number of imide groups is 2. The first-order valence-corrected chi connectivity index (χ1v) is 10.6. The molecule has 0 saturated carbocycles. The monoisotopic (exact) mass is 459 g/mol. The van der Waals surface area contributed by atoms with Gasteiger partial charge in [-0.25, -0.2) is 9.69 Å². The second-order valence-corrected chi connectivity index (χ2v) is 7.86. The van der Waals surface area contributed by atoms with Gasteiger partial charge in [0.15, 0.2) is 0 Å². The van der Waals surface area contributed by atoms with E-state index in [1.807, 2.05) is 12.1 Å². The van der Waals surface area contributed by atoms with E-state index in [0.717, 1.165) is 16.9 Å². The number of nitro groups is 1. The summed E-state index contributed by atoms with van der Waals surface area (Å²) in [5.74, 6) is -0.637. The molecule has 1 atom stereocenters. The first-order chi connectivity index (χ1) is 16.3. The molecule has 4 rings (SSSR count). The minimum absolute atomic E-state index is 0.0518. The number of anilines is 1. The SMILES string of the molecule is CCC(C)c1ccc(N2C(=O)NC(=O)C(=Cc3ccc(-c4ccc([N+](=O)[O-])cc4)o3)C2=O)cc1. The van der Waals surface area contributed by atoms with E-state index in [1.54, 1.807) is 24.3 Å². The van der Waals surface area contributed by atoms with Gasteiger partial charge >= 0.3 is 6.03 Å². The molecule has 4 amide bonds. The maximum atomic E-state index is 13.1. The molecule has 34 heavy (non-hydrogen) atoms. The lowest BCUT2D eigenvalue weighted by molar-refractivity contribution is -0.384. The second-order valence-electron chi connectivity index (χ2n) is 7.86. The fourth-order valence-electron chi connectivity index (χ4n) is 3.55. The summed E-state index contributed by atoms with van der Waals surface area (Å²) in [6.45, 7) is 4.16. The highest BCUT2D eigenvalue weighted by molar-refractivity contribution is 6.39. The molecule has 172 valence electrons. The van der Waals surface area contributed by atoms with Crippen LogP contribution in [-0.4, -0.2) is 22.8 Å². The fraction of sp³-hybridized carbons (Fsp3) is 0.160. The van der Waals surface area contributed by atoms with Gasteiger partial charge in [-0.1, -0.05) is 26.0 Å². The lowest BCUT2D eigenvalue weighted by atomic mass is 9.98. The van der Waals surface area contributed by atoms with E-state index in [2.05, 4.69) is 19.2 Å².